The molecule has 2 aromatic rings. The SMILES string of the molecule is Cc1cnc(Cl)c(NC(=O)c2n[nH]c(C(C)(C)C)n2)c1. The molecule has 106 valence electrons. The van der Waals surface area contributed by atoms with Gasteiger partial charge in [0.15, 0.2) is 5.15 Å². The molecule has 0 aromatic carbocycles. The summed E-state index contributed by atoms with van der Waals surface area (Å²) in [6.45, 7) is 7.81. The zero-order valence-corrected chi connectivity index (χ0v) is 12.5. The van der Waals surface area contributed by atoms with Gasteiger partial charge in [0.1, 0.15) is 5.82 Å². The highest BCUT2D eigenvalue weighted by Gasteiger charge is 2.21. The van der Waals surface area contributed by atoms with E-state index in [0.29, 0.717) is 11.5 Å². The Balaban J connectivity index is 2.20. The number of hydrogen-bond acceptors (Lipinski definition) is 4. The predicted molar refractivity (Wildman–Crippen MR) is 77.0 cm³/mol. The van der Waals surface area contributed by atoms with Crippen molar-refractivity contribution in [2.75, 3.05) is 5.32 Å². The van der Waals surface area contributed by atoms with Crippen LogP contribution in [0.15, 0.2) is 12.3 Å². The average molecular weight is 294 g/mol. The topological polar surface area (TPSA) is 83.6 Å². The number of nitrogens with one attached hydrogen (secondary N) is 2. The number of aryl methyl sites for hydroxylation is 1. The van der Waals surface area contributed by atoms with Gasteiger partial charge in [-0.05, 0) is 18.6 Å². The molecule has 0 aliphatic carbocycles. The number of carbonyl (C=O) groups excluding carboxylic acids is 1. The number of rotatable bonds is 2. The molecule has 0 unspecified atom stereocenters. The second-order valence-corrected chi connectivity index (χ2v) is 5.92. The minimum atomic E-state index is -0.425. The molecule has 0 saturated heterocycles. The normalized spacial score (nSPS) is 11.4. The molecule has 0 aliphatic heterocycles. The molecule has 0 aliphatic rings. The molecule has 2 N–H and O–H groups in total. The zero-order chi connectivity index (χ0) is 14.9. The maximum atomic E-state index is 12.1. The van der Waals surface area contributed by atoms with Gasteiger partial charge in [0.2, 0.25) is 5.82 Å². The number of pyridine rings is 1. The fourth-order valence-corrected chi connectivity index (χ4v) is 1.67. The van der Waals surface area contributed by atoms with Crippen LogP contribution >= 0.6 is 11.6 Å². The number of aromatic amines is 1. The van der Waals surface area contributed by atoms with Gasteiger partial charge in [0, 0.05) is 11.6 Å². The van der Waals surface area contributed by atoms with Crippen molar-refractivity contribution in [1.29, 1.82) is 0 Å². The number of anilines is 1. The van der Waals surface area contributed by atoms with E-state index in [0.717, 1.165) is 5.56 Å². The predicted octanol–water partition coefficient (Wildman–Crippen LogP) is 2.71. The third-order valence-electron chi connectivity index (χ3n) is 2.62. The van der Waals surface area contributed by atoms with Crippen molar-refractivity contribution in [1.82, 2.24) is 20.2 Å². The van der Waals surface area contributed by atoms with Gasteiger partial charge in [0.25, 0.3) is 5.91 Å². The van der Waals surface area contributed by atoms with E-state index in [4.69, 9.17) is 11.6 Å². The number of amides is 1. The number of H-pyrrole nitrogens is 1. The lowest BCUT2D eigenvalue weighted by Gasteiger charge is -2.12. The Labute approximate surface area is 122 Å². The third kappa shape index (κ3) is 3.14. The van der Waals surface area contributed by atoms with Gasteiger partial charge in [-0.3, -0.25) is 9.89 Å². The number of aromatic nitrogens is 4. The third-order valence-corrected chi connectivity index (χ3v) is 2.92. The second kappa shape index (κ2) is 5.20. The quantitative estimate of drug-likeness (QED) is 0.834. The summed E-state index contributed by atoms with van der Waals surface area (Å²) in [7, 11) is 0. The lowest BCUT2D eigenvalue weighted by Crippen LogP contribution is -2.16. The molecule has 0 bridgehead atoms. The van der Waals surface area contributed by atoms with E-state index in [1.54, 1.807) is 12.3 Å². The molecule has 2 rings (SSSR count). The molecule has 0 radical (unpaired) electrons. The summed E-state index contributed by atoms with van der Waals surface area (Å²) in [4.78, 5) is 20.2. The van der Waals surface area contributed by atoms with Crippen molar-refractivity contribution in [3.05, 3.63) is 34.6 Å². The summed E-state index contributed by atoms with van der Waals surface area (Å²) < 4.78 is 0. The van der Waals surface area contributed by atoms with Crippen LogP contribution in [0.2, 0.25) is 5.15 Å². The van der Waals surface area contributed by atoms with E-state index >= 15 is 0 Å². The van der Waals surface area contributed by atoms with Crippen LogP contribution in [0.25, 0.3) is 0 Å². The van der Waals surface area contributed by atoms with Crippen molar-refractivity contribution < 1.29 is 4.79 Å². The van der Waals surface area contributed by atoms with Crippen LogP contribution in [0, 0.1) is 6.92 Å². The largest absolute Gasteiger partial charge is 0.317 e. The first kappa shape index (κ1) is 14.5. The van der Waals surface area contributed by atoms with Crippen molar-refractivity contribution >= 4 is 23.2 Å². The smallest absolute Gasteiger partial charge is 0.295 e. The maximum absolute atomic E-state index is 12.1. The van der Waals surface area contributed by atoms with E-state index < -0.39 is 5.91 Å². The van der Waals surface area contributed by atoms with Crippen molar-refractivity contribution in [2.24, 2.45) is 0 Å². The zero-order valence-electron chi connectivity index (χ0n) is 11.8. The minimum Gasteiger partial charge on any atom is -0.317 e. The fourth-order valence-electron chi connectivity index (χ4n) is 1.52. The standard InChI is InChI=1S/C13H16ClN5O/c1-7-5-8(9(14)15-6-7)16-11(20)10-17-12(19-18-10)13(2,3)4/h5-6H,1-4H3,(H,16,20)(H,17,18,19). The Bertz CT molecular complexity index is 644. The molecular formula is C13H16ClN5O. The Hall–Kier alpha value is -1.95. The van der Waals surface area contributed by atoms with Gasteiger partial charge < -0.3 is 5.32 Å². The highest BCUT2D eigenvalue weighted by atomic mass is 35.5. The summed E-state index contributed by atoms with van der Waals surface area (Å²) in [5, 5.41) is 9.57. The Morgan fingerprint density at radius 3 is 2.70 bits per heavy atom. The van der Waals surface area contributed by atoms with Crippen molar-refractivity contribution in [3.8, 4) is 0 Å². The molecular weight excluding hydrogens is 278 g/mol. The Kier molecular flexibility index (Phi) is 3.76. The minimum absolute atomic E-state index is 0.0764. The van der Waals surface area contributed by atoms with Crippen LogP contribution in [0.4, 0.5) is 5.69 Å². The number of carbonyl (C=O) groups is 1. The molecule has 0 atom stereocenters. The van der Waals surface area contributed by atoms with Gasteiger partial charge in [-0.1, -0.05) is 32.4 Å². The lowest BCUT2D eigenvalue weighted by atomic mass is 9.96. The monoisotopic (exact) mass is 293 g/mol. The summed E-state index contributed by atoms with van der Waals surface area (Å²) in [5.41, 5.74) is 1.14. The first-order valence-corrected chi connectivity index (χ1v) is 6.51. The maximum Gasteiger partial charge on any atom is 0.295 e. The Morgan fingerprint density at radius 1 is 1.40 bits per heavy atom. The molecule has 2 aromatic heterocycles. The van der Waals surface area contributed by atoms with Crippen molar-refractivity contribution in [2.45, 2.75) is 33.1 Å². The van der Waals surface area contributed by atoms with Crippen molar-refractivity contribution in [3.63, 3.8) is 0 Å². The Morgan fingerprint density at radius 2 is 2.10 bits per heavy atom. The second-order valence-electron chi connectivity index (χ2n) is 5.56. The molecule has 1 amide bonds. The molecule has 6 nitrogen and oxygen atoms in total. The number of nitrogens with zero attached hydrogens (tertiary/aromatic N) is 3. The van der Waals surface area contributed by atoms with Crippen LogP contribution in [-0.4, -0.2) is 26.1 Å². The lowest BCUT2D eigenvalue weighted by molar-refractivity contribution is 0.101. The van der Waals surface area contributed by atoms with Crippen LogP contribution in [0.3, 0.4) is 0 Å². The number of halogens is 1. The van der Waals surface area contributed by atoms with E-state index in [2.05, 4.69) is 25.5 Å². The van der Waals surface area contributed by atoms with Gasteiger partial charge >= 0.3 is 0 Å². The van der Waals surface area contributed by atoms with E-state index in [9.17, 15) is 4.79 Å². The van der Waals surface area contributed by atoms with Gasteiger partial charge in [-0.15, -0.1) is 5.10 Å². The molecule has 0 spiro atoms. The average Bonchev–Trinajstić information content (AvgIpc) is 2.83. The van der Waals surface area contributed by atoms with Gasteiger partial charge in [0.05, 0.1) is 5.69 Å². The highest BCUT2D eigenvalue weighted by molar-refractivity contribution is 6.32. The van der Waals surface area contributed by atoms with Crippen LogP contribution < -0.4 is 5.32 Å². The summed E-state index contributed by atoms with van der Waals surface area (Å²) in [6.07, 6.45) is 1.63. The van der Waals surface area contributed by atoms with Crippen LogP contribution in [0.5, 0.6) is 0 Å². The van der Waals surface area contributed by atoms with E-state index in [1.165, 1.54) is 0 Å². The molecule has 7 heteroatoms. The van der Waals surface area contributed by atoms with Crippen LogP contribution in [0.1, 0.15) is 42.8 Å². The molecule has 20 heavy (non-hydrogen) atoms. The van der Waals surface area contributed by atoms with Gasteiger partial charge in [-0.2, -0.15) is 0 Å². The fraction of sp³-hybridized carbons (Fsp3) is 0.385. The molecule has 2 heterocycles. The first-order chi connectivity index (χ1) is 9.27. The summed E-state index contributed by atoms with van der Waals surface area (Å²) >= 11 is 5.93. The molecule has 0 saturated carbocycles. The summed E-state index contributed by atoms with van der Waals surface area (Å²) in [5.74, 6) is 0.301. The highest BCUT2D eigenvalue weighted by Crippen LogP contribution is 2.21. The van der Waals surface area contributed by atoms with Crippen LogP contribution in [-0.2, 0) is 5.41 Å². The van der Waals surface area contributed by atoms with E-state index in [-0.39, 0.29) is 16.4 Å². The van der Waals surface area contributed by atoms with E-state index in [1.807, 2.05) is 27.7 Å². The first-order valence-electron chi connectivity index (χ1n) is 6.14. The van der Waals surface area contributed by atoms with Gasteiger partial charge in [-0.25, -0.2) is 9.97 Å². The molecule has 0 fully saturated rings. The summed E-state index contributed by atoms with van der Waals surface area (Å²) in [6, 6.07) is 1.74. The number of hydrogen-bond donors (Lipinski definition) is 2.